The van der Waals surface area contributed by atoms with Crippen LogP contribution in [0.25, 0.3) is 0 Å². The summed E-state index contributed by atoms with van der Waals surface area (Å²) in [5, 5.41) is 2.98. The van der Waals surface area contributed by atoms with Crippen molar-refractivity contribution in [3.63, 3.8) is 0 Å². The number of anilines is 1. The molecule has 23 heavy (non-hydrogen) atoms. The Morgan fingerprint density at radius 2 is 2.00 bits per heavy atom. The van der Waals surface area contributed by atoms with Crippen molar-refractivity contribution in [3.8, 4) is 0 Å². The van der Waals surface area contributed by atoms with Gasteiger partial charge >= 0.3 is 0 Å². The Kier molecular flexibility index (Phi) is 4.42. The number of benzene rings is 1. The second-order valence-electron chi connectivity index (χ2n) is 6.90. The topological polar surface area (TPSA) is 49.4 Å². The minimum absolute atomic E-state index is 0.0112. The Morgan fingerprint density at radius 1 is 1.26 bits per heavy atom. The molecule has 3 rings (SSSR count). The Morgan fingerprint density at radius 3 is 2.70 bits per heavy atom. The molecule has 0 aromatic heterocycles. The third-order valence-electron chi connectivity index (χ3n) is 5.09. The van der Waals surface area contributed by atoms with Gasteiger partial charge < -0.3 is 10.2 Å². The van der Waals surface area contributed by atoms with Gasteiger partial charge in [0, 0.05) is 18.3 Å². The average molecular weight is 314 g/mol. The van der Waals surface area contributed by atoms with E-state index in [1.807, 2.05) is 23.1 Å². The number of hydrogen-bond acceptors (Lipinski definition) is 2. The Labute approximate surface area is 138 Å². The fraction of sp³-hybridized carbons (Fsp3) is 0.579. The van der Waals surface area contributed by atoms with Crippen LogP contribution in [0.2, 0.25) is 0 Å². The minimum atomic E-state index is -0.808. The summed E-state index contributed by atoms with van der Waals surface area (Å²) in [5.41, 5.74) is 1.38. The van der Waals surface area contributed by atoms with Gasteiger partial charge in [-0.15, -0.1) is 0 Å². The lowest BCUT2D eigenvalue weighted by Crippen LogP contribution is -2.47. The van der Waals surface area contributed by atoms with E-state index in [1.165, 1.54) is 5.56 Å². The number of amides is 2. The first kappa shape index (κ1) is 16.0. The molecule has 1 N–H and O–H groups in total. The monoisotopic (exact) mass is 314 g/mol. The van der Waals surface area contributed by atoms with Crippen LogP contribution >= 0.6 is 0 Å². The molecule has 0 spiro atoms. The fourth-order valence-electron chi connectivity index (χ4n) is 3.51. The molecule has 1 fully saturated rings. The van der Waals surface area contributed by atoms with Crippen molar-refractivity contribution in [2.45, 2.75) is 58.4 Å². The van der Waals surface area contributed by atoms with Gasteiger partial charge in [-0.05, 0) is 44.2 Å². The SMILES string of the molecule is CCCCCNC(=O)C1(C(=O)N2c3ccccc3CC2C)CC1. The molecule has 2 aliphatic rings. The third kappa shape index (κ3) is 2.87. The van der Waals surface area contributed by atoms with Crippen molar-refractivity contribution in [2.24, 2.45) is 5.41 Å². The molecule has 1 heterocycles. The van der Waals surface area contributed by atoms with Crippen molar-refractivity contribution in [3.05, 3.63) is 29.8 Å². The maximum absolute atomic E-state index is 13.1. The number of carbonyl (C=O) groups is 2. The van der Waals surface area contributed by atoms with Gasteiger partial charge in [0.2, 0.25) is 11.8 Å². The molecule has 1 aliphatic carbocycles. The average Bonchev–Trinajstić information content (AvgIpc) is 3.29. The lowest BCUT2D eigenvalue weighted by molar-refractivity contribution is -0.135. The summed E-state index contributed by atoms with van der Waals surface area (Å²) < 4.78 is 0. The van der Waals surface area contributed by atoms with Crippen molar-refractivity contribution in [1.29, 1.82) is 0 Å². The number of fused-ring (bicyclic) bond motifs is 1. The van der Waals surface area contributed by atoms with Gasteiger partial charge in [0.1, 0.15) is 5.41 Å². The van der Waals surface area contributed by atoms with E-state index in [0.717, 1.165) is 31.4 Å². The van der Waals surface area contributed by atoms with E-state index in [0.29, 0.717) is 19.4 Å². The van der Waals surface area contributed by atoms with Crippen LogP contribution in [0.4, 0.5) is 5.69 Å². The van der Waals surface area contributed by atoms with E-state index in [-0.39, 0.29) is 17.9 Å². The van der Waals surface area contributed by atoms with Crippen LogP contribution in [-0.4, -0.2) is 24.4 Å². The maximum atomic E-state index is 13.1. The molecule has 0 radical (unpaired) electrons. The van der Waals surface area contributed by atoms with E-state index >= 15 is 0 Å². The van der Waals surface area contributed by atoms with Gasteiger partial charge in [-0.2, -0.15) is 0 Å². The smallest absolute Gasteiger partial charge is 0.242 e. The summed E-state index contributed by atoms with van der Waals surface area (Å²) in [7, 11) is 0. The highest BCUT2D eigenvalue weighted by Crippen LogP contribution is 2.49. The number of nitrogens with one attached hydrogen (secondary N) is 1. The Bertz CT molecular complexity index is 607. The zero-order valence-corrected chi connectivity index (χ0v) is 14.1. The summed E-state index contributed by atoms with van der Waals surface area (Å²) >= 11 is 0. The van der Waals surface area contributed by atoms with E-state index in [1.54, 1.807) is 0 Å². The van der Waals surface area contributed by atoms with Gasteiger partial charge in [0.05, 0.1) is 0 Å². The zero-order valence-electron chi connectivity index (χ0n) is 14.1. The highest BCUT2D eigenvalue weighted by Gasteiger charge is 2.59. The first-order chi connectivity index (χ1) is 11.1. The van der Waals surface area contributed by atoms with Crippen LogP contribution in [0, 0.1) is 5.41 Å². The normalized spacial score (nSPS) is 21.0. The van der Waals surface area contributed by atoms with Crippen molar-refractivity contribution < 1.29 is 9.59 Å². The molecular weight excluding hydrogens is 288 g/mol. The second kappa shape index (κ2) is 6.34. The molecule has 4 heteroatoms. The summed E-state index contributed by atoms with van der Waals surface area (Å²) in [4.78, 5) is 27.5. The lowest BCUT2D eigenvalue weighted by Gasteiger charge is -2.27. The van der Waals surface area contributed by atoms with Gasteiger partial charge in [-0.3, -0.25) is 9.59 Å². The van der Waals surface area contributed by atoms with Gasteiger partial charge in [0.25, 0.3) is 0 Å². The number of nitrogens with zero attached hydrogens (tertiary/aromatic N) is 1. The highest BCUT2D eigenvalue weighted by molar-refractivity contribution is 6.14. The van der Waals surface area contributed by atoms with Crippen LogP contribution in [0.1, 0.15) is 51.5 Å². The second-order valence-corrected chi connectivity index (χ2v) is 6.90. The van der Waals surface area contributed by atoms with Gasteiger partial charge in [0.15, 0.2) is 0 Å². The summed E-state index contributed by atoms with van der Waals surface area (Å²) in [6, 6.07) is 8.16. The first-order valence-electron chi connectivity index (χ1n) is 8.80. The maximum Gasteiger partial charge on any atom is 0.242 e. The summed E-state index contributed by atoms with van der Waals surface area (Å²) in [5.74, 6) is -0.0851. The van der Waals surface area contributed by atoms with Crippen molar-refractivity contribution in [2.75, 3.05) is 11.4 Å². The summed E-state index contributed by atoms with van der Waals surface area (Å²) in [6.07, 6.45) is 5.44. The Hall–Kier alpha value is -1.84. The number of carbonyl (C=O) groups excluding carboxylic acids is 2. The molecular formula is C19H26N2O2. The molecule has 1 saturated carbocycles. The van der Waals surface area contributed by atoms with Gasteiger partial charge in [-0.1, -0.05) is 38.0 Å². The lowest BCUT2D eigenvalue weighted by atomic mass is 10.0. The molecule has 1 aromatic carbocycles. The van der Waals surface area contributed by atoms with Crippen LogP contribution in [0.3, 0.4) is 0 Å². The van der Waals surface area contributed by atoms with Gasteiger partial charge in [-0.25, -0.2) is 0 Å². The molecule has 1 aromatic rings. The molecule has 2 amide bonds. The van der Waals surface area contributed by atoms with Crippen molar-refractivity contribution in [1.82, 2.24) is 5.32 Å². The predicted octanol–water partition coefficient (Wildman–Crippen LogP) is 3.05. The van der Waals surface area contributed by atoms with E-state index in [2.05, 4.69) is 25.2 Å². The van der Waals surface area contributed by atoms with Crippen LogP contribution in [0.15, 0.2) is 24.3 Å². The third-order valence-corrected chi connectivity index (χ3v) is 5.09. The first-order valence-corrected chi connectivity index (χ1v) is 8.80. The summed E-state index contributed by atoms with van der Waals surface area (Å²) in [6.45, 7) is 4.88. The number of unbranched alkanes of at least 4 members (excludes halogenated alkanes) is 2. The van der Waals surface area contributed by atoms with Crippen LogP contribution in [-0.2, 0) is 16.0 Å². The molecule has 4 nitrogen and oxygen atoms in total. The highest BCUT2D eigenvalue weighted by atomic mass is 16.2. The predicted molar refractivity (Wildman–Crippen MR) is 91.3 cm³/mol. The van der Waals surface area contributed by atoms with Crippen LogP contribution in [0.5, 0.6) is 0 Å². The number of rotatable bonds is 6. The van der Waals surface area contributed by atoms with Crippen LogP contribution < -0.4 is 10.2 Å². The number of hydrogen-bond donors (Lipinski definition) is 1. The molecule has 1 atom stereocenters. The Balaban J connectivity index is 1.71. The molecule has 0 saturated heterocycles. The largest absolute Gasteiger partial charge is 0.355 e. The van der Waals surface area contributed by atoms with E-state index in [9.17, 15) is 9.59 Å². The standard InChI is InChI=1S/C19H26N2O2/c1-3-4-7-12-20-17(22)19(10-11-19)18(23)21-14(2)13-15-8-5-6-9-16(15)21/h5-6,8-9,14H,3-4,7,10-13H2,1-2H3,(H,20,22). The quantitative estimate of drug-likeness (QED) is 0.648. The fourth-order valence-corrected chi connectivity index (χ4v) is 3.51. The molecule has 1 unspecified atom stereocenters. The minimum Gasteiger partial charge on any atom is -0.355 e. The van der Waals surface area contributed by atoms with Crippen molar-refractivity contribution >= 4 is 17.5 Å². The zero-order chi connectivity index (χ0) is 16.4. The van der Waals surface area contributed by atoms with E-state index < -0.39 is 5.41 Å². The molecule has 1 aliphatic heterocycles. The van der Waals surface area contributed by atoms with E-state index in [4.69, 9.17) is 0 Å². The molecule has 124 valence electrons. The number of para-hydroxylation sites is 1. The molecule has 0 bridgehead atoms.